The average molecular weight is 430 g/mol. The molecule has 0 saturated carbocycles. The van der Waals surface area contributed by atoms with Gasteiger partial charge < -0.3 is 0 Å². The summed E-state index contributed by atoms with van der Waals surface area (Å²) >= 11 is 1.76. The Hall–Kier alpha value is -2.57. The van der Waals surface area contributed by atoms with Crippen LogP contribution in [-0.4, -0.2) is 44.9 Å². The Labute approximate surface area is 188 Å². The molecule has 2 aliphatic rings. The standard InChI is InChI=1S/C25H27N5S/c1-31-21-10-8-18(9-11-21)22-7-4-5-20(28-22)17-30-14-12-23-19(16-30)15-27-25(29-23)24-6-2-3-13-26-24/h4-5,7-11,15H,2-3,6,12-14,16-17H2,1H3. The number of aliphatic imine (C=N–C) groups is 1. The first kappa shape index (κ1) is 20.3. The van der Waals surface area contributed by atoms with E-state index >= 15 is 0 Å². The first-order valence-electron chi connectivity index (χ1n) is 11.0. The first-order chi connectivity index (χ1) is 15.3. The number of thioether (sulfide) groups is 1. The van der Waals surface area contributed by atoms with Crippen LogP contribution in [0.15, 0.2) is 58.5 Å². The molecule has 6 heteroatoms. The van der Waals surface area contributed by atoms with Crippen molar-refractivity contribution in [2.75, 3.05) is 19.3 Å². The van der Waals surface area contributed by atoms with Gasteiger partial charge in [-0.15, -0.1) is 11.8 Å². The van der Waals surface area contributed by atoms with Crippen molar-refractivity contribution in [2.45, 2.75) is 43.7 Å². The molecule has 158 valence electrons. The third-order valence-corrected chi connectivity index (χ3v) is 6.72. The maximum absolute atomic E-state index is 4.93. The lowest BCUT2D eigenvalue weighted by atomic mass is 10.1. The number of pyridine rings is 1. The van der Waals surface area contributed by atoms with E-state index in [1.807, 2.05) is 6.20 Å². The van der Waals surface area contributed by atoms with Crippen LogP contribution >= 0.6 is 11.8 Å². The van der Waals surface area contributed by atoms with E-state index in [9.17, 15) is 0 Å². The zero-order valence-electron chi connectivity index (χ0n) is 17.9. The van der Waals surface area contributed by atoms with Crippen LogP contribution in [0, 0.1) is 0 Å². The summed E-state index contributed by atoms with van der Waals surface area (Å²) in [5.41, 5.74) is 6.80. The van der Waals surface area contributed by atoms with Gasteiger partial charge in [0.25, 0.3) is 0 Å². The molecule has 31 heavy (non-hydrogen) atoms. The van der Waals surface area contributed by atoms with Gasteiger partial charge in [0.05, 0.1) is 22.8 Å². The van der Waals surface area contributed by atoms with E-state index < -0.39 is 0 Å². The molecule has 3 aromatic rings. The summed E-state index contributed by atoms with van der Waals surface area (Å²) in [6, 6.07) is 14.9. The third-order valence-electron chi connectivity index (χ3n) is 5.97. The molecule has 0 amide bonds. The number of aromatic nitrogens is 3. The van der Waals surface area contributed by atoms with Crippen LogP contribution in [0.4, 0.5) is 0 Å². The van der Waals surface area contributed by atoms with Gasteiger partial charge in [0.2, 0.25) is 0 Å². The third kappa shape index (κ3) is 4.70. The zero-order chi connectivity index (χ0) is 21.0. The van der Waals surface area contributed by atoms with Crippen LogP contribution in [-0.2, 0) is 19.5 Å². The van der Waals surface area contributed by atoms with Crippen molar-refractivity contribution in [3.63, 3.8) is 0 Å². The number of benzene rings is 1. The van der Waals surface area contributed by atoms with Crippen LogP contribution in [0.25, 0.3) is 11.3 Å². The molecule has 2 aliphatic heterocycles. The van der Waals surface area contributed by atoms with Crippen LogP contribution in [0.1, 0.15) is 42.0 Å². The van der Waals surface area contributed by atoms with Crippen LogP contribution in [0.3, 0.4) is 0 Å². The number of fused-ring (bicyclic) bond motifs is 1. The Balaban J connectivity index is 1.28. The summed E-state index contributed by atoms with van der Waals surface area (Å²) in [6.45, 7) is 3.61. The summed E-state index contributed by atoms with van der Waals surface area (Å²) in [5, 5.41) is 0. The highest BCUT2D eigenvalue weighted by atomic mass is 32.2. The molecule has 1 aromatic carbocycles. The van der Waals surface area contributed by atoms with Gasteiger partial charge in [-0.3, -0.25) is 14.9 Å². The maximum Gasteiger partial charge on any atom is 0.173 e. The van der Waals surface area contributed by atoms with E-state index in [-0.39, 0.29) is 0 Å². The highest BCUT2D eigenvalue weighted by molar-refractivity contribution is 7.98. The average Bonchev–Trinajstić information content (AvgIpc) is 2.84. The lowest BCUT2D eigenvalue weighted by Crippen LogP contribution is -2.31. The van der Waals surface area contributed by atoms with Crippen molar-refractivity contribution in [1.29, 1.82) is 0 Å². The Morgan fingerprint density at radius 2 is 1.90 bits per heavy atom. The Bertz CT molecular complexity index is 1090. The van der Waals surface area contributed by atoms with Crippen molar-refractivity contribution in [3.8, 4) is 11.3 Å². The summed E-state index contributed by atoms with van der Waals surface area (Å²) in [7, 11) is 0. The van der Waals surface area contributed by atoms with Crippen molar-refractivity contribution in [1.82, 2.24) is 19.9 Å². The normalized spacial score (nSPS) is 16.6. The highest BCUT2D eigenvalue weighted by Crippen LogP contribution is 2.23. The minimum absolute atomic E-state index is 0.838. The number of nitrogens with zero attached hydrogens (tertiary/aromatic N) is 5. The Morgan fingerprint density at radius 1 is 1.00 bits per heavy atom. The molecule has 2 aromatic heterocycles. The minimum Gasteiger partial charge on any atom is -0.293 e. The minimum atomic E-state index is 0.838. The molecule has 0 aliphatic carbocycles. The molecule has 0 unspecified atom stereocenters. The SMILES string of the molecule is CSc1ccc(-c2cccc(CN3CCc4nc(C5=NCCCC5)ncc4C3)n2)cc1. The molecule has 0 bridgehead atoms. The van der Waals surface area contributed by atoms with Gasteiger partial charge in [0.15, 0.2) is 5.82 Å². The molecular formula is C25H27N5S. The zero-order valence-corrected chi connectivity index (χ0v) is 18.7. The van der Waals surface area contributed by atoms with Gasteiger partial charge in [-0.05, 0) is 49.8 Å². The Kier molecular flexibility index (Phi) is 6.09. The lowest BCUT2D eigenvalue weighted by molar-refractivity contribution is 0.240. The van der Waals surface area contributed by atoms with Crippen molar-refractivity contribution < 1.29 is 0 Å². The fourth-order valence-corrected chi connectivity index (χ4v) is 4.66. The van der Waals surface area contributed by atoms with E-state index in [0.29, 0.717) is 0 Å². The van der Waals surface area contributed by atoms with Crippen LogP contribution in [0.2, 0.25) is 0 Å². The number of hydrogen-bond acceptors (Lipinski definition) is 6. The fourth-order valence-electron chi connectivity index (χ4n) is 4.25. The molecular weight excluding hydrogens is 402 g/mol. The van der Waals surface area contributed by atoms with Crippen molar-refractivity contribution in [3.05, 3.63) is 71.4 Å². The van der Waals surface area contributed by atoms with Gasteiger partial charge >= 0.3 is 0 Å². The topological polar surface area (TPSA) is 54.3 Å². The predicted octanol–water partition coefficient (Wildman–Crippen LogP) is 4.79. The van der Waals surface area contributed by atoms with Gasteiger partial charge in [-0.1, -0.05) is 18.2 Å². The quantitative estimate of drug-likeness (QED) is 0.546. The van der Waals surface area contributed by atoms with Crippen LogP contribution in [0.5, 0.6) is 0 Å². The second-order valence-corrected chi connectivity index (χ2v) is 9.03. The molecule has 0 spiro atoms. The Morgan fingerprint density at radius 3 is 2.71 bits per heavy atom. The van der Waals surface area contributed by atoms with E-state index in [0.717, 1.165) is 67.5 Å². The number of hydrogen-bond donors (Lipinski definition) is 0. The molecule has 0 atom stereocenters. The van der Waals surface area contributed by atoms with Crippen molar-refractivity contribution in [2.24, 2.45) is 4.99 Å². The van der Waals surface area contributed by atoms with Gasteiger partial charge in [0, 0.05) is 54.8 Å². The molecule has 0 radical (unpaired) electrons. The number of rotatable bonds is 5. The summed E-state index contributed by atoms with van der Waals surface area (Å²) in [4.78, 5) is 22.8. The fraction of sp³-hybridized carbons (Fsp3) is 0.360. The summed E-state index contributed by atoms with van der Waals surface area (Å²) in [6.07, 6.45) is 8.45. The summed E-state index contributed by atoms with van der Waals surface area (Å²) in [5.74, 6) is 0.841. The molecule has 5 nitrogen and oxygen atoms in total. The maximum atomic E-state index is 4.93. The highest BCUT2D eigenvalue weighted by Gasteiger charge is 2.20. The monoisotopic (exact) mass is 429 g/mol. The van der Waals surface area contributed by atoms with E-state index in [1.54, 1.807) is 11.8 Å². The van der Waals surface area contributed by atoms with E-state index in [4.69, 9.17) is 9.97 Å². The van der Waals surface area contributed by atoms with E-state index in [2.05, 4.69) is 63.6 Å². The molecule has 4 heterocycles. The second-order valence-electron chi connectivity index (χ2n) is 8.15. The molecule has 0 saturated heterocycles. The van der Waals surface area contributed by atoms with Gasteiger partial charge in [-0.25, -0.2) is 9.97 Å². The molecule has 0 N–H and O–H groups in total. The molecule has 0 fully saturated rings. The lowest BCUT2D eigenvalue weighted by Gasteiger charge is -2.28. The first-order valence-corrected chi connectivity index (χ1v) is 12.2. The largest absolute Gasteiger partial charge is 0.293 e. The molecule has 5 rings (SSSR count). The van der Waals surface area contributed by atoms with Crippen LogP contribution < -0.4 is 0 Å². The van der Waals surface area contributed by atoms with Gasteiger partial charge in [-0.2, -0.15) is 0 Å². The summed E-state index contributed by atoms with van der Waals surface area (Å²) < 4.78 is 0. The second kappa shape index (κ2) is 9.28. The smallest absolute Gasteiger partial charge is 0.173 e. The van der Waals surface area contributed by atoms with E-state index in [1.165, 1.54) is 29.0 Å². The van der Waals surface area contributed by atoms with Gasteiger partial charge in [0.1, 0.15) is 0 Å². The van der Waals surface area contributed by atoms with Crippen molar-refractivity contribution >= 4 is 17.5 Å². The predicted molar refractivity (Wildman–Crippen MR) is 127 cm³/mol.